The molecule has 0 atom stereocenters. The van der Waals surface area contributed by atoms with Crippen LogP contribution in [0.3, 0.4) is 0 Å². The van der Waals surface area contributed by atoms with Crippen LogP contribution in [0.5, 0.6) is 0 Å². The molecule has 0 spiro atoms. The van der Waals surface area contributed by atoms with Crippen LogP contribution in [0.15, 0.2) is 53.7 Å². The van der Waals surface area contributed by atoms with Gasteiger partial charge in [-0.2, -0.15) is 8.78 Å². The highest BCUT2D eigenvalue weighted by Crippen LogP contribution is 2.31. The maximum Gasteiger partial charge on any atom is 0.288 e. The van der Waals surface area contributed by atoms with Crippen LogP contribution in [0.25, 0.3) is 0 Å². The van der Waals surface area contributed by atoms with Crippen molar-refractivity contribution in [2.75, 3.05) is 11.9 Å². The van der Waals surface area contributed by atoms with Crippen LogP contribution in [-0.4, -0.2) is 17.3 Å². The Morgan fingerprint density at radius 1 is 1.16 bits per heavy atom. The second kappa shape index (κ2) is 7.09. The van der Waals surface area contributed by atoms with Gasteiger partial charge in [-0.15, -0.1) is 0 Å². The van der Waals surface area contributed by atoms with Gasteiger partial charge in [0.25, 0.3) is 5.76 Å². The number of nitrogens with zero attached hydrogens (tertiary/aromatic N) is 1. The Morgan fingerprint density at radius 3 is 2.74 bits per heavy atom. The zero-order valence-electron chi connectivity index (χ0n) is 10.2. The minimum Gasteiger partial charge on any atom is -0.384 e. The number of thioether (sulfide) groups is 1. The summed E-state index contributed by atoms with van der Waals surface area (Å²) in [5, 5.41) is 3.19. The van der Waals surface area contributed by atoms with Crippen LogP contribution in [0, 0.1) is 0 Å². The predicted molar refractivity (Wildman–Crippen MR) is 74.7 cm³/mol. The first-order chi connectivity index (χ1) is 9.25. The first kappa shape index (κ1) is 13.8. The summed E-state index contributed by atoms with van der Waals surface area (Å²) in [5.41, 5.74) is 1.87. The Labute approximate surface area is 115 Å². The molecule has 1 aromatic heterocycles. The van der Waals surface area contributed by atoms with Gasteiger partial charge >= 0.3 is 0 Å². The van der Waals surface area contributed by atoms with E-state index in [9.17, 15) is 8.78 Å². The molecule has 1 N–H and O–H groups in total. The summed E-state index contributed by atoms with van der Waals surface area (Å²) in [6.07, 6.45) is 4.34. The molecule has 0 bridgehead atoms. The van der Waals surface area contributed by atoms with E-state index in [1.807, 2.05) is 30.5 Å². The molecule has 0 aliphatic rings. The summed E-state index contributed by atoms with van der Waals surface area (Å²) in [6.45, 7) is 0.687. The van der Waals surface area contributed by atoms with Crippen LogP contribution in [0.4, 0.5) is 14.5 Å². The topological polar surface area (TPSA) is 24.9 Å². The van der Waals surface area contributed by atoms with Gasteiger partial charge in [0.15, 0.2) is 0 Å². The number of rotatable bonds is 6. The molecule has 0 aliphatic carbocycles. The molecule has 2 aromatic rings. The van der Waals surface area contributed by atoms with Crippen molar-refractivity contribution in [1.82, 2.24) is 4.98 Å². The van der Waals surface area contributed by atoms with E-state index in [-0.39, 0.29) is 0 Å². The summed E-state index contributed by atoms with van der Waals surface area (Å²) in [5.74, 6) is -2.40. The third kappa shape index (κ3) is 4.52. The molecule has 0 fully saturated rings. The van der Waals surface area contributed by atoms with Crippen molar-refractivity contribution in [1.29, 1.82) is 0 Å². The largest absolute Gasteiger partial charge is 0.384 e. The van der Waals surface area contributed by atoms with Crippen LogP contribution >= 0.6 is 11.8 Å². The zero-order valence-corrected chi connectivity index (χ0v) is 11.0. The van der Waals surface area contributed by atoms with Crippen molar-refractivity contribution in [3.8, 4) is 0 Å². The molecule has 0 saturated carbocycles. The summed E-state index contributed by atoms with van der Waals surface area (Å²) >= 11 is 0.563. The lowest BCUT2D eigenvalue weighted by molar-refractivity contribution is 0.252. The van der Waals surface area contributed by atoms with Gasteiger partial charge in [-0.1, -0.05) is 30.0 Å². The highest BCUT2D eigenvalue weighted by Gasteiger charge is 2.08. The lowest BCUT2D eigenvalue weighted by atomic mass is 10.2. The van der Waals surface area contributed by atoms with Gasteiger partial charge in [-0.3, -0.25) is 4.98 Å². The number of para-hydroxylation sites is 1. The molecule has 0 unspecified atom stereocenters. The van der Waals surface area contributed by atoms with Crippen molar-refractivity contribution in [2.24, 2.45) is 0 Å². The van der Waals surface area contributed by atoms with E-state index >= 15 is 0 Å². The maximum atomic E-state index is 12.4. The van der Waals surface area contributed by atoms with E-state index < -0.39 is 5.76 Å². The van der Waals surface area contributed by atoms with E-state index in [1.165, 1.54) is 0 Å². The molecule has 0 radical (unpaired) electrons. The van der Waals surface area contributed by atoms with Crippen molar-refractivity contribution in [3.05, 3.63) is 54.4 Å². The molecule has 2 rings (SSSR count). The molecule has 0 amide bonds. The number of alkyl halides is 2. The second-order valence-electron chi connectivity index (χ2n) is 3.91. The summed E-state index contributed by atoms with van der Waals surface area (Å²) in [6, 6.07) is 11.0. The fourth-order valence-electron chi connectivity index (χ4n) is 1.70. The highest BCUT2D eigenvalue weighted by atomic mass is 32.2. The summed E-state index contributed by atoms with van der Waals surface area (Å²) in [7, 11) is 0. The maximum absolute atomic E-state index is 12.4. The fraction of sp³-hybridized carbons (Fsp3) is 0.214. The monoisotopic (exact) mass is 280 g/mol. The average molecular weight is 280 g/mol. The second-order valence-corrected chi connectivity index (χ2v) is 4.94. The van der Waals surface area contributed by atoms with Crippen LogP contribution in [0.2, 0.25) is 0 Å². The Bertz CT molecular complexity index is 506. The van der Waals surface area contributed by atoms with Gasteiger partial charge in [-0.25, -0.2) is 0 Å². The Morgan fingerprint density at radius 2 is 2.00 bits per heavy atom. The molecule has 19 heavy (non-hydrogen) atoms. The molecule has 2 nitrogen and oxygen atoms in total. The third-order valence-corrected chi connectivity index (χ3v) is 3.34. The number of aromatic nitrogens is 1. The Balaban J connectivity index is 1.92. The summed E-state index contributed by atoms with van der Waals surface area (Å²) in [4.78, 5) is 4.61. The Kier molecular flexibility index (Phi) is 5.15. The number of hydrogen-bond acceptors (Lipinski definition) is 3. The van der Waals surface area contributed by atoms with E-state index in [1.54, 1.807) is 18.3 Å². The summed E-state index contributed by atoms with van der Waals surface area (Å²) < 4.78 is 24.8. The van der Waals surface area contributed by atoms with Crippen molar-refractivity contribution < 1.29 is 8.78 Å². The first-order valence-electron chi connectivity index (χ1n) is 5.92. The lowest BCUT2D eigenvalue weighted by Gasteiger charge is -2.11. The van der Waals surface area contributed by atoms with Crippen LogP contribution < -0.4 is 5.32 Å². The fourth-order valence-corrected chi connectivity index (χ4v) is 2.32. The van der Waals surface area contributed by atoms with Gasteiger partial charge in [0, 0.05) is 29.5 Å². The van der Waals surface area contributed by atoms with Gasteiger partial charge in [0.2, 0.25) is 0 Å². The minimum absolute atomic E-state index is 0.563. The van der Waals surface area contributed by atoms with Gasteiger partial charge in [-0.05, 0) is 30.2 Å². The normalized spacial score (nSPS) is 10.7. The standard InChI is InChI=1S/C14H14F2N2S/c15-14(16)19-13-6-2-1-5-12(13)18-9-7-11-4-3-8-17-10-11/h1-6,8,10,14,18H,7,9H2. The number of hydrogen-bond donors (Lipinski definition) is 1. The van der Waals surface area contributed by atoms with Crippen molar-refractivity contribution in [2.45, 2.75) is 17.1 Å². The minimum atomic E-state index is -2.40. The van der Waals surface area contributed by atoms with E-state index in [4.69, 9.17) is 0 Å². The third-order valence-electron chi connectivity index (χ3n) is 2.56. The quantitative estimate of drug-likeness (QED) is 0.808. The zero-order chi connectivity index (χ0) is 13.5. The SMILES string of the molecule is FC(F)Sc1ccccc1NCCc1cccnc1. The molecule has 0 saturated heterocycles. The molecule has 0 aliphatic heterocycles. The Hall–Kier alpha value is -1.62. The predicted octanol–water partition coefficient (Wildman–Crippen LogP) is 4.05. The number of nitrogens with one attached hydrogen (secondary N) is 1. The molecule has 1 heterocycles. The van der Waals surface area contributed by atoms with Crippen LogP contribution in [0.1, 0.15) is 5.56 Å². The average Bonchev–Trinajstić information content (AvgIpc) is 2.41. The molecule has 5 heteroatoms. The van der Waals surface area contributed by atoms with E-state index in [2.05, 4.69) is 10.3 Å². The molecule has 100 valence electrons. The van der Waals surface area contributed by atoms with Crippen molar-refractivity contribution >= 4 is 17.4 Å². The number of pyridine rings is 1. The number of benzene rings is 1. The van der Waals surface area contributed by atoms with Gasteiger partial charge in [0.1, 0.15) is 0 Å². The lowest BCUT2D eigenvalue weighted by Crippen LogP contribution is -2.06. The highest BCUT2D eigenvalue weighted by molar-refractivity contribution is 7.99. The number of halogens is 2. The van der Waals surface area contributed by atoms with Gasteiger partial charge < -0.3 is 5.32 Å². The van der Waals surface area contributed by atoms with Crippen LogP contribution in [-0.2, 0) is 6.42 Å². The van der Waals surface area contributed by atoms with Crippen molar-refractivity contribution in [3.63, 3.8) is 0 Å². The molecular formula is C14H14F2N2S. The van der Waals surface area contributed by atoms with E-state index in [0.717, 1.165) is 17.7 Å². The molecule has 1 aromatic carbocycles. The first-order valence-corrected chi connectivity index (χ1v) is 6.80. The van der Waals surface area contributed by atoms with Gasteiger partial charge in [0.05, 0.1) is 0 Å². The smallest absolute Gasteiger partial charge is 0.288 e. The molecular weight excluding hydrogens is 266 g/mol. The van der Waals surface area contributed by atoms with E-state index in [0.29, 0.717) is 23.2 Å². The number of anilines is 1.